The van der Waals surface area contributed by atoms with Crippen molar-refractivity contribution in [2.75, 3.05) is 0 Å². The summed E-state index contributed by atoms with van der Waals surface area (Å²) in [4.78, 5) is 13.7. The molecule has 0 fully saturated rings. The molecule has 0 bridgehead atoms. The minimum Gasteiger partial charge on any atom is -0.487 e. The van der Waals surface area contributed by atoms with Crippen LogP contribution < -0.4 is 10.5 Å². The number of fused-ring (bicyclic) bond motifs is 1. The van der Waals surface area contributed by atoms with Crippen LogP contribution in [0.1, 0.15) is 25.1 Å². The van der Waals surface area contributed by atoms with E-state index < -0.39 is 0 Å². The average molecular weight is 498 g/mol. The molecule has 0 spiro atoms. The lowest BCUT2D eigenvalue weighted by atomic mass is 10.2. The first kappa shape index (κ1) is 23.6. The summed E-state index contributed by atoms with van der Waals surface area (Å²) in [5.74, 6) is 2.76. The van der Waals surface area contributed by atoms with Crippen LogP contribution in [0.15, 0.2) is 88.9 Å². The Balaban J connectivity index is 1.20. The van der Waals surface area contributed by atoms with E-state index in [0.29, 0.717) is 18.3 Å². The Hall–Kier alpha value is -4.11. The largest absolute Gasteiger partial charge is 0.487 e. The molecule has 0 radical (unpaired) electrons. The number of rotatable bonds is 9. The predicted molar refractivity (Wildman–Crippen MR) is 144 cm³/mol. The van der Waals surface area contributed by atoms with Crippen LogP contribution in [0, 0.1) is 0 Å². The van der Waals surface area contributed by atoms with Gasteiger partial charge in [-0.3, -0.25) is 4.99 Å². The van der Waals surface area contributed by atoms with Gasteiger partial charge in [0.05, 0.1) is 23.1 Å². The fourth-order valence-electron chi connectivity index (χ4n) is 3.65. The number of H-pyrrole nitrogens is 1. The number of hydrogen-bond donors (Lipinski definition) is 2. The highest BCUT2D eigenvalue weighted by Gasteiger charge is 2.09. The average Bonchev–Trinajstić information content (AvgIpc) is 3.53. The van der Waals surface area contributed by atoms with Gasteiger partial charge in [-0.05, 0) is 68.4 Å². The number of benzene rings is 3. The molecule has 36 heavy (non-hydrogen) atoms. The second-order valence-electron chi connectivity index (χ2n) is 8.57. The third-order valence-corrected chi connectivity index (χ3v) is 6.38. The van der Waals surface area contributed by atoms with Crippen molar-refractivity contribution < 1.29 is 4.74 Å². The SMILES string of the molecule is CC(C)N=C(N)c1ccc2nc(-c3ccc(OCc4cn(CSc5ccccc5)nn4)cc3)[nH]c2c1. The lowest BCUT2D eigenvalue weighted by Gasteiger charge is -2.04. The van der Waals surface area contributed by atoms with Gasteiger partial charge >= 0.3 is 0 Å². The number of ether oxygens (including phenoxy) is 1. The number of hydrogen-bond acceptors (Lipinski definition) is 6. The van der Waals surface area contributed by atoms with Crippen molar-refractivity contribution in [2.24, 2.45) is 10.7 Å². The van der Waals surface area contributed by atoms with Crippen molar-refractivity contribution in [3.05, 3.63) is 90.3 Å². The van der Waals surface area contributed by atoms with E-state index in [9.17, 15) is 0 Å². The minimum absolute atomic E-state index is 0.143. The summed E-state index contributed by atoms with van der Waals surface area (Å²) in [5, 5.41) is 8.40. The number of aromatic amines is 1. The van der Waals surface area contributed by atoms with E-state index in [-0.39, 0.29) is 6.04 Å². The van der Waals surface area contributed by atoms with Gasteiger partial charge in [0.1, 0.15) is 29.7 Å². The molecule has 0 atom stereocenters. The van der Waals surface area contributed by atoms with Gasteiger partial charge in [-0.2, -0.15) is 0 Å². The molecule has 0 unspecified atom stereocenters. The van der Waals surface area contributed by atoms with Crippen molar-refractivity contribution in [1.29, 1.82) is 0 Å². The summed E-state index contributed by atoms with van der Waals surface area (Å²) in [5.41, 5.74) is 10.5. The Morgan fingerprint density at radius 2 is 1.89 bits per heavy atom. The number of imidazole rings is 1. The summed E-state index contributed by atoms with van der Waals surface area (Å²) in [6.45, 7) is 4.36. The van der Waals surface area contributed by atoms with E-state index in [4.69, 9.17) is 15.5 Å². The maximum absolute atomic E-state index is 6.12. The van der Waals surface area contributed by atoms with Crippen molar-refractivity contribution in [1.82, 2.24) is 25.0 Å². The second-order valence-corrected chi connectivity index (χ2v) is 9.59. The molecule has 182 valence electrons. The highest BCUT2D eigenvalue weighted by molar-refractivity contribution is 7.98. The van der Waals surface area contributed by atoms with Gasteiger partial charge in [-0.25, -0.2) is 9.67 Å². The second kappa shape index (κ2) is 10.7. The number of aliphatic imine (C=N–C) groups is 1. The summed E-state index contributed by atoms with van der Waals surface area (Å²) in [7, 11) is 0. The monoisotopic (exact) mass is 497 g/mol. The highest BCUT2D eigenvalue weighted by Crippen LogP contribution is 2.24. The standard InChI is InChI=1S/C27H27N7OS/c1-18(2)29-26(28)20-10-13-24-25(14-20)31-27(30-24)19-8-11-22(12-9-19)35-16-21-15-34(33-32-21)17-36-23-6-4-3-5-7-23/h3-15,18H,16-17H2,1-2H3,(H2,28,29)(H,30,31). The molecule has 0 saturated heterocycles. The van der Waals surface area contributed by atoms with Crippen LogP contribution in [0.3, 0.4) is 0 Å². The first-order valence-electron chi connectivity index (χ1n) is 11.7. The van der Waals surface area contributed by atoms with Crippen molar-refractivity contribution in [2.45, 2.75) is 37.3 Å². The number of nitrogens with one attached hydrogen (secondary N) is 1. The fraction of sp³-hybridized carbons (Fsp3) is 0.185. The molecule has 2 heterocycles. The molecular formula is C27H27N7OS. The zero-order valence-electron chi connectivity index (χ0n) is 20.1. The Kier molecular flexibility index (Phi) is 6.99. The zero-order valence-corrected chi connectivity index (χ0v) is 20.9. The van der Waals surface area contributed by atoms with Crippen molar-refractivity contribution in [3.8, 4) is 17.1 Å². The van der Waals surface area contributed by atoms with Crippen LogP contribution in [0.25, 0.3) is 22.4 Å². The molecule has 0 amide bonds. The molecule has 0 aliphatic carbocycles. The lowest BCUT2D eigenvalue weighted by Crippen LogP contribution is -2.15. The molecule has 0 aliphatic rings. The van der Waals surface area contributed by atoms with Gasteiger partial charge in [0, 0.05) is 22.1 Å². The van der Waals surface area contributed by atoms with Crippen molar-refractivity contribution >= 4 is 28.6 Å². The van der Waals surface area contributed by atoms with E-state index in [2.05, 4.69) is 32.4 Å². The highest BCUT2D eigenvalue weighted by atomic mass is 32.2. The Labute approximate surface area is 213 Å². The predicted octanol–water partition coefficient (Wildman–Crippen LogP) is 5.26. The molecule has 0 saturated carbocycles. The molecule has 2 aromatic heterocycles. The van der Waals surface area contributed by atoms with Crippen LogP contribution in [0.2, 0.25) is 0 Å². The maximum atomic E-state index is 6.12. The normalized spacial score (nSPS) is 11.9. The smallest absolute Gasteiger partial charge is 0.138 e. The molecule has 5 aromatic rings. The number of aromatic nitrogens is 5. The van der Waals surface area contributed by atoms with E-state index >= 15 is 0 Å². The zero-order chi connectivity index (χ0) is 24.9. The van der Waals surface area contributed by atoms with Crippen LogP contribution in [-0.2, 0) is 12.5 Å². The van der Waals surface area contributed by atoms with E-state index in [1.54, 1.807) is 11.8 Å². The number of nitrogens with two attached hydrogens (primary N) is 1. The molecule has 3 N–H and O–H groups in total. The molecule has 0 aliphatic heterocycles. The summed E-state index contributed by atoms with van der Waals surface area (Å²) in [6, 6.07) is 24.1. The minimum atomic E-state index is 0.143. The first-order valence-corrected chi connectivity index (χ1v) is 12.7. The van der Waals surface area contributed by atoms with Crippen molar-refractivity contribution in [3.63, 3.8) is 0 Å². The molecule has 9 heteroatoms. The number of nitrogens with zero attached hydrogens (tertiary/aromatic N) is 5. The van der Waals surface area contributed by atoms with Gasteiger partial charge in [0.25, 0.3) is 0 Å². The van der Waals surface area contributed by atoms with Gasteiger partial charge in [-0.15, -0.1) is 16.9 Å². The van der Waals surface area contributed by atoms with Gasteiger partial charge in [0.2, 0.25) is 0 Å². The van der Waals surface area contributed by atoms with Gasteiger partial charge in [0.15, 0.2) is 0 Å². The third kappa shape index (κ3) is 5.75. The molecular weight excluding hydrogens is 470 g/mol. The third-order valence-electron chi connectivity index (χ3n) is 5.38. The van der Waals surface area contributed by atoms with E-state index in [1.807, 2.05) is 85.4 Å². The summed E-state index contributed by atoms with van der Waals surface area (Å²) in [6.07, 6.45) is 1.91. The lowest BCUT2D eigenvalue weighted by molar-refractivity contribution is 0.301. The van der Waals surface area contributed by atoms with Crippen LogP contribution in [0.4, 0.5) is 0 Å². The van der Waals surface area contributed by atoms with Gasteiger partial charge in [-0.1, -0.05) is 23.4 Å². The van der Waals surface area contributed by atoms with Crippen LogP contribution in [-0.4, -0.2) is 36.8 Å². The first-order chi connectivity index (χ1) is 17.5. The number of amidine groups is 1. The topological polar surface area (TPSA) is 107 Å². The van der Waals surface area contributed by atoms with Gasteiger partial charge < -0.3 is 15.5 Å². The molecule has 3 aromatic carbocycles. The summed E-state index contributed by atoms with van der Waals surface area (Å²) < 4.78 is 7.73. The number of thioether (sulfide) groups is 1. The quantitative estimate of drug-likeness (QED) is 0.163. The fourth-order valence-corrected chi connectivity index (χ4v) is 4.41. The van der Waals surface area contributed by atoms with E-state index in [1.165, 1.54) is 4.90 Å². The maximum Gasteiger partial charge on any atom is 0.138 e. The summed E-state index contributed by atoms with van der Waals surface area (Å²) >= 11 is 1.71. The Bertz CT molecular complexity index is 1470. The van der Waals surface area contributed by atoms with Crippen LogP contribution in [0.5, 0.6) is 5.75 Å². The van der Waals surface area contributed by atoms with E-state index in [0.717, 1.165) is 39.4 Å². The van der Waals surface area contributed by atoms with Crippen LogP contribution >= 0.6 is 11.8 Å². The Morgan fingerprint density at radius 3 is 2.67 bits per heavy atom. The molecule has 8 nitrogen and oxygen atoms in total. The molecule has 5 rings (SSSR count). The Morgan fingerprint density at radius 1 is 1.08 bits per heavy atom.